The zero-order valence-electron chi connectivity index (χ0n) is 32.5. The summed E-state index contributed by atoms with van der Waals surface area (Å²) in [5.41, 5.74) is 0.555. The van der Waals surface area contributed by atoms with Crippen LogP contribution in [0, 0.1) is 0 Å². The summed E-state index contributed by atoms with van der Waals surface area (Å²) in [7, 11) is -9.38. The van der Waals surface area contributed by atoms with Crippen molar-refractivity contribution in [3.63, 3.8) is 0 Å². The number of anilines is 1. The largest absolute Gasteiger partial charge is 1.00 e. The summed E-state index contributed by atoms with van der Waals surface area (Å²) < 4.78 is 73.5. The van der Waals surface area contributed by atoms with E-state index in [2.05, 4.69) is 55.4 Å². The average Bonchev–Trinajstić information content (AvgIpc) is 3.17. The van der Waals surface area contributed by atoms with Gasteiger partial charge in [0.25, 0.3) is 20.2 Å². The van der Waals surface area contributed by atoms with Crippen LogP contribution in [0.5, 0.6) is 0 Å². The van der Waals surface area contributed by atoms with Gasteiger partial charge in [0.05, 0.1) is 45.8 Å². The zero-order valence-corrected chi connectivity index (χ0v) is 38.1. The molecule has 300 valence electrons. The molecule has 6 rings (SSSR count). The van der Waals surface area contributed by atoms with Gasteiger partial charge in [-0.25, -0.2) is 9.98 Å². The Hall–Kier alpha value is -4.79. The average molecular weight is 875 g/mol. The van der Waals surface area contributed by atoms with E-state index in [1.165, 1.54) is 38.1 Å². The Balaban J connectivity index is 0.00000397. The number of ether oxygens (including phenoxy) is 1. The number of benzene rings is 4. The van der Waals surface area contributed by atoms with Gasteiger partial charge in [-0.1, -0.05) is 24.3 Å². The molecule has 0 radical (unpaired) electrons. The molecule has 0 bridgehead atoms. The topological polar surface area (TPSA) is 311 Å². The molecule has 21 nitrogen and oxygen atoms in total. The monoisotopic (exact) mass is 874 g/mol. The summed E-state index contributed by atoms with van der Waals surface area (Å²) in [6, 6.07) is 19.6. The molecule has 4 aromatic carbocycles. The van der Waals surface area contributed by atoms with Crippen LogP contribution < -0.4 is 85.5 Å². The number of morpholine rings is 1. The van der Waals surface area contributed by atoms with E-state index in [1.807, 2.05) is 4.90 Å². The number of azo groups is 2. The Morgan fingerprint density at radius 2 is 1.07 bits per heavy atom. The van der Waals surface area contributed by atoms with Gasteiger partial charge in [-0.05, 0) is 86.3 Å². The van der Waals surface area contributed by atoms with E-state index in [9.17, 15) is 36.2 Å². The molecule has 60 heavy (non-hydrogen) atoms. The van der Waals surface area contributed by atoms with Gasteiger partial charge < -0.3 is 19.8 Å². The molecule has 0 atom stereocenters. The predicted octanol–water partition coefficient (Wildman–Crippen LogP) is -1.81. The quantitative estimate of drug-likeness (QED) is 0.0377. The van der Waals surface area contributed by atoms with E-state index < -0.39 is 41.8 Å². The smallest absolute Gasteiger partial charge is 0.862 e. The summed E-state index contributed by atoms with van der Waals surface area (Å²) in [6.07, 6.45) is 0. The molecule has 1 saturated heterocycles. The minimum atomic E-state index is -4.69. The van der Waals surface area contributed by atoms with Crippen LogP contribution in [-0.2, 0) is 25.0 Å². The molecular formula is C35H32N12Na2O9S2. The molecular weight excluding hydrogens is 843 g/mol. The van der Waals surface area contributed by atoms with Crippen molar-refractivity contribution in [1.82, 2.24) is 15.0 Å². The van der Waals surface area contributed by atoms with Gasteiger partial charge in [0.2, 0.25) is 17.2 Å². The second kappa shape index (κ2) is 21.1. The number of hydrogen-bond donors (Lipinski definition) is 4. The van der Waals surface area contributed by atoms with E-state index in [0.29, 0.717) is 26.3 Å². The van der Waals surface area contributed by atoms with E-state index in [4.69, 9.17) is 4.74 Å². The Morgan fingerprint density at radius 3 is 1.52 bits per heavy atom. The van der Waals surface area contributed by atoms with Crippen molar-refractivity contribution in [2.24, 2.45) is 40.4 Å². The summed E-state index contributed by atoms with van der Waals surface area (Å²) in [4.78, 5) is 28.5. The first-order valence-electron chi connectivity index (χ1n) is 16.9. The van der Waals surface area contributed by atoms with E-state index in [-0.39, 0.29) is 122 Å². The van der Waals surface area contributed by atoms with Gasteiger partial charge in [0, 0.05) is 13.1 Å². The predicted molar refractivity (Wildman–Crippen MR) is 206 cm³/mol. The van der Waals surface area contributed by atoms with Crippen LogP contribution in [0.4, 0.5) is 51.4 Å². The molecule has 2 heterocycles. The number of aliphatic imine (C=N–C) groups is 2. The molecule has 1 aliphatic rings. The third-order valence-electron chi connectivity index (χ3n) is 7.78. The van der Waals surface area contributed by atoms with E-state index in [0.717, 1.165) is 24.3 Å². The molecule has 0 amide bonds. The SMILES string of the molecule is CC([O-])=Nc1ccccc1N=Nc1cc(S(=O)(=O)O)ccc1N=c1nc(N2CCOCC2)[nH]c(=Nc2ccc(S(=O)(=O)O)cc2N=Nc2ccccc2N=C(C)[O-])[nH]1.[Na+].[Na+]. The maximum atomic E-state index is 12.1. The van der Waals surface area contributed by atoms with Gasteiger partial charge in [0.1, 0.15) is 22.7 Å². The van der Waals surface area contributed by atoms with Crippen LogP contribution in [0.25, 0.3) is 0 Å². The van der Waals surface area contributed by atoms with Crippen molar-refractivity contribution in [3.05, 3.63) is 96.2 Å². The maximum Gasteiger partial charge on any atom is 1.00 e. The number of nitrogens with zero attached hydrogens (tertiary/aromatic N) is 10. The first-order chi connectivity index (χ1) is 27.6. The van der Waals surface area contributed by atoms with Crippen LogP contribution in [0.2, 0.25) is 0 Å². The molecule has 0 saturated carbocycles. The number of aromatic nitrogens is 3. The fourth-order valence-corrected chi connectivity index (χ4v) is 6.19. The first-order valence-corrected chi connectivity index (χ1v) is 19.8. The van der Waals surface area contributed by atoms with Crippen molar-refractivity contribution >= 4 is 83.5 Å². The number of aromatic amines is 2. The summed E-state index contributed by atoms with van der Waals surface area (Å²) in [5, 5.41) is 40.2. The van der Waals surface area contributed by atoms with Crippen LogP contribution in [0.15, 0.2) is 135 Å². The first kappa shape index (κ1) is 47.9. The molecule has 1 fully saturated rings. The standard InChI is InChI=1S/C35H34N12O9S2.2Na/c1-21(48)36-25-7-3-5-9-29(25)43-45-31-19-23(57(50,51)52)11-13-27(31)38-33-40-34(42-35(41-33)47-15-17-56-18-16-47)39-28-14-12-24(58(53,54)55)20-32(28)46-44-30-10-6-4-8-26(30)37-22(2)49;;/h3-14,19-20H,15-18H2,1-2H3,(H,36,48)(H,37,49)(H,50,51,52)(H,53,54,55)(H2,38,39,40,41,42);;/q;2*+1/p-2. The van der Waals surface area contributed by atoms with Gasteiger partial charge in [-0.15, -0.1) is 20.5 Å². The Bertz CT molecular complexity index is 2670. The van der Waals surface area contributed by atoms with Crippen molar-refractivity contribution in [2.75, 3.05) is 31.2 Å². The molecule has 1 aliphatic heterocycles. The van der Waals surface area contributed by atoms with Crippen LogP contribution >= 0.6 is 0 Å². The normalized spacial score (nSPS) is 14.7. The van der Waals surface area contributed by atoms with Gasteiger partial charge in [-0.3, -0.25) is 29.1 Å². The minimum absolute atomic E-state index is 0. The number of H-pyrrole nitrogens is 2. The van der Waals surface area contributed by atoms with Crippen LogP contribution in [-0.4, -0.2) is 79.0 Å². The third kappa shape index (κ3) is 13.1. The zero-order chi connectivity index (χ0) is 41.5. The second-order valence-electron chi connectivity index (χ2n) is 12.1. The number of para-hydroxylation sites is 2. The number of hydrogen-bond acceptors (Lipinski definition) is 17. The van der Waals surface area contributed by atoms with Gasteiger partial charge in [-0.2, -0.15) is 21.8 Å². The second-order valence-corrected chi connectivity index (χ2v) is 14.9. The molecule has 5 aromatic rings. The van der Waals surface area contributed by atoms with Crippen molar-refractivity contribution in [1.29, 1.82) is 0 Å². The van der Waals surface area contributed by atoms with E-state index in [1.54, 1.807) is 36.4 Å². The van der Waals surface area contributed by atoms with Crippen molar-refractivity contribution < 1.29 is 100 Å². The van der Waals surface area contributed by atoms with E-state index >= 15 is 0 Å². The maximum absolute atomic E-state index is 12.1. The molecule has 25 heteroatoms. The summed E-state index contributed by atoms with van der Waals surface area (Å²) >= 11 is 0. The summed E-state index contributed by atoms with van der Waals surface area (Å²) in [5.74, 6) is -0.695. The fraction of sp³-hybridized carbons (Fsp3) is 0.171. The van der Waals surface area contributed by atoms with Crippen molar-refractivity contribution in [2.45, 2.75) is 23.6 Å². The Kier molecular flexibility index (Phi) is 16.9. The number of nitrogens with one attached hydrogen (secondary N) is 2. The van der Waals surface area contributed by atoms with Crippen molar-refractivity contribution in [3.8, 4) is 0 Å². The van der Waals surface area contributed by atoms with Crippen LogP contribution in [0.3, 0.4) is 0 Å². The molecule has 4 N–H and O–H groups in total. The Morgan fingerprint density at radius 1 is 0.633 bits per heavy atom. The summed E-state index contributed by atoms with van der Waals surface area (Å²) in [6.45, 7) is 4.14. The molecule has 0 unspecified atom stereocenters. The Labute approximate surface area is 386 Å². The number of rotatable bonds is 11. The molecule has 0 spiro atoms. The van der Waals surface area contributed by atoms with Gasteiger partial charge in [0.15, 0.2) is 0 Å². The molecule has 1 aromatic heterocycles. The fourth-order valence-electron chi connectivity index (χ4n) is 5.19. The molecule has 0 aliphatic carbocycles. The van der Waals surface area contributed by atoms with Crippen LogP contribution in [0.1, 0.15) is 13.8 Å². The van der Waals surface area contributed by atoms with Gasteiger partial charge >= 0.3 is 59.1 Å². The minimum Gasteiger partial charge on any atom is -0.862 e. The third-order valence-corrected chi connectivity index (χ3v) is 9.48.